The Balaban J connectivity index is 2.72. The number of rotatable bonds is 0. The lowest BCUT2D eigenvalue weighted by Crippen LogP contribution is -2.02. The molecule has 7 heteroatoms. The largest absolute Gasteiger partial charge is 0.338 e. The van der Waals surface area contributed by atoms with Gasteiger partial charge in [-0.05, 0) is 28.1 Å². The van der Waals surface area contributed by atoms with Crippen molar-refractivity contribution < 1.29 is 0 Å². The first kappa shape index (κ1) is 11.8. The Kier molecular flexibility index (Phi) is 3.12. The van der Waals surface area contributed by atoms with Gasteiger partial charge in [-0.3, -0.25) is 0 Å². The average molecular weight is 349 g/mol. The molecule has 15 heavy (non-hydrogen) atoms. The number of nitrogens with one attached hydrogen (secondary N) is 1. The number of aromatic nitrogens is 2. The van der Waals surface area contributed by atoms with Gasteiger partial charge in [-0.25, -0.2) is 4.98 Å². The van der Waals surface area contributed by atoms with Crippen molar-refractivity contribution in [1.82, 2.24) is 9.97 Å². The number of aromatic amines is 1. The summed E-state index contributed by atoms with van der Waals surface area (Å²) in [4.78, 5) is 7.07. The minimum Gasteiger partial charge on any atom is -0.338 e. The van der Waals surface area contributed by atoms with Gasteiger partial charge in [-0.2, -0.15) is 0 Å². The topological polar surface area (TPSA) is 28.7 Å². The molecule has 1 N–H and O–H groups in total. The van der Waals surface area contributed by atoms with Gasteiger partial charge in [-0.15, -0.1) is 0 Å². The fourth-order valence-electron chi connectivity index (χ4n) is 1.15. The maximum Gasteiger partial charge on any atom is 0.248 e. The Labute approximate surface area is 114 Å². The molecule has 2 aromatic rings. The first-order valence-electron chi connectivity index (χ1n) is 3.80. The first-order valence-corrected chi connectivity index (χ1v) is 6.11. The van der Waals surface area contributed by atoms with Crippen molar-refractivity contribution in [1.29, 1.82) is 0 Å². The van der Waals surface area contributed by atoms with Gasteiger partial charge in [0.05, 0.1) is 15.0 Å². The maximum atomic E-state index is 5.91. The SMILES string of the molecule is Clc1ccc2[nH]c(C(Cl)(Cl)Cl)nc2c1Br. The number of hydrogen-bond acceptors (Lipinski definition) is 1. The quantitative estimate of drug-likeness (QED) is 0.680. The molecule has 1 aromatic heterocycles. The molecular formula is C8H3BrCl4N2. The van der Waals surface area contributed by atoms with E-state index in [2.05, 4.69) is 25.9 Å². The van der Waals surface area contributed by atoms with Crippen molar-refractivity contribution in [3.8, 4) is 0 Å². The van der Waals surface area contributed by atoms with Crippen LogP contribution in [-0.4, -0.2) is 9.97 Å². The van der Waals surface area contributed by atoms with E-state index in [1.807, 2.05) is 0 Å². The van der Waals surface area contributed by atoms with Gasteiger partial charge in [0.25, 0.3) is 0 Å². The van der Waals surface area contributed by atoms with Crippen LogP contribution in [-0.2, 0) is 3.79 Å². The summed E-state index contributed by atoms with van der Waals surface area (Å²) in [5.74, 6) is 0.269. The highest BCUT2D eigenvalue weighted by Gasteiger charge is 2.27. The Morgan fingerprint density at radius 1 is 1.27 bits per heavy atom. The van der Waals surface area contributed by atoms with Gasteiger partial charge in [-0.1, -0.05) is 46.4 Å². The lowest BCUT2D eigenvalue weighted by Gasteiger charge is -2.04. The number of alkyl halides is 3. The van der Waals surface area contributed by atoms with Gasteiger partial charge in [0.2, 0.25) is 3.79 Å². The molecule has 0 saturated heterocycles. The first-order chi connectivity index (χ1) is 6.89. The molecule has 1 heterocycles. The zero-order valence-electron chi connectivity index (χ0n) is 6.99. The van der Waals surface area contributed by atoms with E-state index in [0.29, 0.717) is 15.0 Å². The summed E-state index contributed by atoms with van der Waals surface area (Å²) in [5.41, 5.74) is 1.40. The highest BCUT2D eigenvalue weighted by Crippen LogP contribution is 2.39. The van der Waals surface area contributed by atoms with E-state index in [-0.39, 0.29) is 5.82 Å². The smallest absolute Gasteiger partial charge is 0.248 e. The summed E-state index contributed by atoms with van der Waals surface area (Å²) < 4.78 is -0.885. The highest BCUT2D eigenvalue weighted by atomic mass is 79.9. The Morgan fingerprint density at radius 2 is 1.93 bits per heavy atom. The summed E-state index contributed by atoms with van der Waals surface area (Å²) in [5, 5.41) is 0.560. The summed E-state index contributed by atoms with van der Waals surface area (Å²) in [7, 11) is 0. The molecule has 0 aliphatic rings. The van der Waals surface area contributed by atoms with Crippen LogP contribution in [0.25, 0.3) is 11.0 Å². The van der Waals surface area contributed by atoms with Crippen LogP contribution in [0, 0.1) is 0 Å². The normalized spacial score (nSPS) is 12.3. The molecule has 0 spiro atoms. The van der Waals surface area contributed by atoms with Crippen LogP contribution in [0.5, 0.6) is 0 Å². The average Bonchev–Trinajstić information content (AvgIpc) is 2.55. The van der Waals surface area contributed by atoms with Crippen LogP contribution in [0.2, 0.25) is 5.02 Å². The molecule has 0 saturated carbocycles. The number of hydrogen-bond donors (Lipinski definition) is 1. The van der Waals surface area contributed by atoms with E-state index in [1.165, 1.54) is 0 Å². The lowest BCUT2D eigenvalue weighted by molar-refractivity contribution is 1.05. The lowest BCUT2D eigenvalue weighted by atomic mass is 10.3. The summed E-state index contributed by atoms with van der Waals surface area (Å²) in [6.07, 6.45) is 0. The number of halogens is 5. The number of fused-ring (bicyclic) bond motifs is 1. The minimum absolute atomic E-state index is 0.269. The molecule has 80 valence electrons. The van der Waals surface area contributed by atoms with Gasteiger partial charge < -0.3 is 4.98 Å². The van der Waals surface area contributed by atoms with E-state index in [0.717, 1.165) is 5.52 Å². The van der Waals surface area contributed by atoms with Crippen molar-refractivity contribution >= 4 is 73.4 Å². The Bertz CT molecular complexity index is 517. The van der Waals surface area contributed by atoms with E-state index >= 15 is 0 Å². The van der Waals surface area contributed by atoms with Gasteiger partial charge in [0.1, 0.15) is 5.52 Å². The predicted octanol–water partition coefficient (Wildman–Crippen LogP) is 4.81. The second-order valence-corrected chi connectivity index (χ2v) is 6.32. The van der Waals surface area contributed by atoms with Gasteiger partial charge in [0, 0.05) is 0 Å². The second-order valence-electron chi connectivity index (χ2n) is 2.84. The van der Waals surface area contributed by atoms with Crippen LogP contribution in [0.3, 0.4) is 0 Å². The molecule has 0 bridgehead atoms. The molecule has 0 fully saturated rings. The number of benzene rings is 1. The predicted molar refractivity (Wildman–Crippen MR) is 68.0 cm³/mol. The van der Waals surface area contributed by atoms with E-state index in [9.17, 15) is 0 Å². The molecule has 1 aromatic carbocycles. The molecule has 2 rings (SSSR count). The maximum absolute atomic E-state index is 5.91. The van der Waals surface area contributed by atoms with Crippen molar-refractivity contribution in [2.45, 2.75) is 3.79 Å². The third-order valence-electron chi connectivity index (χ3n) is 1.81. The molecular weight excluding hydrogens is 346 g/mol. The fraction of sp³-hybridized carbons (Fsp3) is 0.125. The third-order valence-corrected chi connectivity index (χ3v) is 3.70. The molecule has 0 aliphatic heterocycles. The van der Waals surface area contributed by atoms with Crippen molar-refractivity contribution in [3.05, 3.63) is 27.5 Å². The molecule has 0 amide bonds. The van der Waals surface area contributed by atoms with Crippen molar-refractivity contribution in [2.75, 3.05) is 0 Å². The summed E-state index contributed by atoms with van der Waals surface area (Å²) in [6, 6.07) is 3.50. The molecule has 0 atom stereocenters. The zero-order chi connectivity index (χ0) is 11.2. The van der Waals surface area contributed by atoms with Crippen molar-refractivity contribution in [3.63, 3.8) is 0 Å². The summed E-state index contributed by atoms with van der Waals surface area (Å²) >= 11 is 26.4. The monoisotopic (exact) mass is 346 g/mol. The van der Waals surface area contributed by atoms with Gasteiger partial charge >= 0.3 is 0 Å². The molecule has 0 aliphatic carbocycles. The van der Waals surface area contributed by atoms with Crippen LogP contribution in [0.4, 0.5) is 0 Å². The van der Waals surface area contributed by atoms with E-state index in [4.69, 9.17) is 46.4 Å². The van der Waals surface area contributed by atoms with Crippen LogP contribution >= 0.6 is 62.3 Å². The molecule has 0 unspecified atom stereocenters. The molecule has 2 nitrogen and oxygen atoms in total. The Hall–Kier alpha value is 0.330. The van der Waals surface area contributed by atoms with Crippen LogP contribution in [0.15, 0.2) is 16.6 Å². The van der Waals surface area contributed by atoms with Crippen molar-refractivity contribution in [2.24, 2.45) is 0 Å². The zero-order valence-corrected chi connectivity index (χ0v) is 11.6. The molecule has 0 radical (unpaired) electrons. The number of nitrogens with zero attached hydrogens (tertiary/aromatic N) is 1. The van der Waals surface area contributed by atoms with Gasteiger partial charge in [0.15, 0.2) is 5.82 Å². The number of H-pyrrole nitrogens is 1. The minimum atomic E-state index is -1.56. The Morgan fingerprint density at radius 3 is 2.53 bits per heavy atom. The van der Waals surface area contributed by atoms with E-state index in [1.54, 1.807) is 12.1 Å². The van der Waals surface area contributed by atoms with E-state index < -0.39 is 3.79 Å². The second kappa shape index (κ2) is 3.97. The standard InChI is InChI=1S/C8H3BrCl4N2/c9-5-3(10)1-2-4-6(5)15-7(14-4)8(11,12)13/h1-2H,(H,14,15). The fourth-order valence-corrected chi connectivity index (χ4v) is 2.01. The highest BCUT2D eigenvalue weighted by molar-refractivity contribution is 9.10. The van der Waals surface area contributed by atoms with Crippen LogP contribution in [0.1, 0.15) is 5.82 Å². The van der Waals surface area contributed by atoms with Crippen LogP contribution < -0.4 is 0 Å². The summed E-state index contributed by atoms with van der Waals surface area (Å²) in [6.45, 7) is 0. The third kappa shape index (κ3) is 2.22. The number of imidazole rings is 1.